The van der Waals surface area contributed by atoms with Crippen molar-refractivity contribution in [3.63, 3.8) is 0 Å². The second kappa shape index (κ2) is 10.5. The normalized spacial score (nSPS) is 24.8. The lowest BCUT2D eigenvalue weighted by Gasteiger charge is -2.52. The van der Waals surface area contributed by atoms with Gasteiger partial charge in [-0.15, -0.1) is 0 Å². The highest BCUT2D eigenvalue weighted by molar-refractivity contribution is 5.85. The second-order valence-corrected chi connectivity index (χ2v) is 10.2. The molecule has 2 aromatic rings. The smallest absolute Gasteiger partial charge is 0.336 e. The van der Waals surface area contributed by atoms with Crippen LogP contribution < -0.4 is 10.4 Å². The zero-order chi connectivity index (χ0) is 24.3. The first-order valence-electron chi connectivity index (χ1n) is 13.1. The van der Waals surface area contributed by atoms with E-state index in [9.17, 15) is 14.7 Å². The summed E-state index contributed by atoms with van der Waals surface area (Å²) >= 11 is 0. The summed E-state index contributed by atoms with van der Waals surface area (Å²) in [5.74, 6) is 0.683. The summed E-state index contributed by atoms with van der Waals surface area (Å²) in [6, 6.07) is 5.43. The molecule has 4 rings (SSSR count). The van der Waals surface area contributed by atoms with Crippen LogP contribution in [0.3, 0.4) is 0 Å². The molecule has 186 valence electrons. The van der Waals surface area contributed by atoms with E-state index >= 15 is 0 Å². The lowest BCUT2D eigenvalue weighted by atomic mass is 9.66. The maximum atomic E-state index is 13.3. The van der Waals surface area contributed by atoms with Crippen LogP contribution >= 0.6 is 0 Å². The molecule has 2 aliphatic rings. The molecular weight excluding hydrogens is 430 g/mol. The zero-order valence-electron chi connectivity index (χ0n) is 20.9. The summed E-state index contributed by atoms with van der Waals surface area (Å²) in [5.41, 5.74) is 1.26. The summed E-state index contributed by atoms with van der Waals surface area (Å²) in [6.07, 6.45) is 9.46. The fourth-order valence-electron chi connectivity index (χ4n) is 6.15. The van der Waals surface area contributed by atoms with Gasteiger partial charge in [-0.2, -0.15) is 0 Å². The topological polar surface area (TPSA) is 80.0 Å². The Morgan fingerprint density at radius 2 is 2.06 bits per heavy atom. The van der Waals surface area contributed by atoms with Gasteiger partial charge in [0, 0.05) is 35.5 Å². The van der Waals surface area contributed by atoms with Gasteiger partial charge in [0.1, 0.15) is 11.3 Å². The van der Waals surface area contributed by atoms with Crippen molar-refractivity contribution < 1.29 is 19.1 Å². The summed E-state index contributed by atoms with van der Waals surface area (Å²) in [7, 11) is 0. The van der Waals surface area contributed by atoms with Gasteiger partial charge in [0.2, 0.25) is 0 Å². The van der Waals surface area contributed by atoms with Gasteiger partial charge in [-0.3, -0.25) is 4.79 Å². The van der Waals surface area contributed by atoms with Crippen molar-refractivity contribution in [2.24, 2.45) is 5.92 Å². The molecule has 1 aliphatic heterocycles. The molecule has 0 bridgehead atoms. The molecule has 3 unspecified atom stereocenters. The van der Waals surface area contributed by atoms with Gasteiger partial charge in [0.25, 0.3) is 5.91 Å². The van der Waals surface area contributed by atoms with Crippen LogP contribution in [0.15, 0.2) is 27.4 Å². The van der Waals surface area contributed by atoms with E-state index in [0.717, 1.165) is 74.3 Å². The van der Waals surface area contributed by atoms with Crippen molar-refractivity contribution >= 4 is 16.9 Å². The summed E-state index contributed by atoms with van der Waals surface area (Å²) in [4.78, 5) is 27.4. The highest BCUT2D eigenvalue weighted by Gasteiger charge is 2.49. The molecule has 1 aromatic carbocycles. The summed E-state index contributed by atoms with van der Waals surface area (Å²) in [5, 5.41) is 12.2. The van der Waals surface area contributed by atoms with Crippen LogP contribution in [0.1, 0.15) is 82.8 Å². The average Bonchev–Trinajstić information content (AvgIpc) is 2.82. The Morgan fingerprint density at radius 3 is 2.82 bits per heavy atom. The number of fused-ring (bicyclic) bond motifs is 2. The molecular formula is C28H39NO5. The van der Waals surface area contributed by atoms with Crippen LogP contribution in [0.4, 0.5) is 0 Å². The maximum Gasteiger partial charge on any atom is 0.336 e. The van der Waals surface area contributed by atoms with E-state index < -0.39 is 5.60 Å². The predicted octanol–water partition coefficient (Wildman–Crippen LogP) is 5.15. The maximum absolute atomic E-state index is 13.3. The molecule has 1 N–H and O–H groups in total. The Kier molecular flexibility index (Phi) is 7.66. The van der Waals surface area contributed by atoms with E-state index in [4.69, 9.17) is 9.15 Å². The van der Waals surface area contributed by atoms with Crippen molar-refractivity contribution in [1.29, 1.82) is 0 Å². The number of piperidine rings is 1. The Bertz CT molecular complexity index is 1080. The van der Waals surface area contributed by atoms with Gasteiger partial charge in [-0.05, 0) is 56.7 Å². The van der Waals surface area contributed by atoms with E-state index in [1.165, 1.54) is 0 Å². The van der Waals surface area contributed by atoms with Crippen LogP contribution in [-0.4, -0.2) is 40.7 Å². The molecule has 3 atom stereocenters. The average molecular weight is 470 g/mol. The number of benzene rings is 1. The number of hydrogen-bond acceptors (Lipinski definition) is 5. The minimum Gasteiger partial charge on any atom is -0.483 e. The van der Waals surface area contributed by atoms with Gasteiger partial charge in [0.05, 0.1) is 5.60 Å². The minimum absolute atomic E-state index is 0.0330. The fourth-order valence-corrected chi connectivity index (χ4v) is 6.15. The van der Waals surface area contributed by atoms with Crippen LogP contribution in [0, 0.1) is 12.8 Å². The number of likely N-dealkylation sites (tertiary alicyclic amines) is 1. The Labute approximate surface area is 202 Å². The van der Waals surface area contributed by atoms with Crippen LogP contribution in [0.2, 0.25) is 0 Å². The van der Waals surface area contributed by atoms with E-state index in [2.05, 4.69) is 13.8 Å². The number of carbonyl (C=O) groups is 1. The molecule has 6 heteroatoms. The van der Waals surface area contributed by atoms with Crippen LogP contribution in [0.25, 0.3) is 11.0 Å². The third-order valence-corrected chi connectivity index (χ3v) is 7.96. The number of rotatable bonds is 8. The van der Waals surface area contributed by atoms with Crippen molar-refractivity contribution in [2.75, 3.05) is 13.2 Å². The molecule has 2 fully saturated rings. The van der Waals surface area contributed by atoms with Gasteiger partial charge in [-0.1, -0.05) is 46.0 Å². The largest absolute Gasteiger partial charge is 0.483 e. The third kappa shape index (κ3) is 4.88. The van der Waals surface area contributed by atoms with Crippen LogP contribution in [-0.2, 0) is 11.2 Å². The number of hydrogen-bond donors (Lipinski definition) is 1. The van der Waals surface area contributed by atoms with Gasteiger partial charge < -0.3 is 19.2 Å². The first kappa shape index (κ1) is 24.8. The van der Waals surface area contributed by atoms with Crippen molar-refractivity contribution in [1.82, 2.24) is 4.90 Å². The standard InChI is InChI=1S/C28H39NO5/c1-4-6-11-23-22-10-7-8-14-28(22,32)15-16-29(23)25(30)18-33-24-13-12-21-20(9-5-2)17-26(31)34-27(21)19(24)3/h12-13,17,22-23,32H,4-11,14-16,18H2,1-3H3. The predicted molar refractivity (Wildman–Crippen MR) is 133 cm³/mol. The number of carbonyl (C=O) groups excluding carboxylic acids is 1. The number of aryl methyl sites for hydroxylation is 2. The van der Waals surface area contributed by atoms with E-state index in [0.29, 0.717) is 24.3 Å². The number of ether oxygens (including phenoxy) is 1. The Balaban J connectivity index is 1.52. The zero-order valence-corrected chi connectivity index (χ0v) is 20.9. The monoisotopic (exact) mass is 469 g/mol. The molecule has 1 saturated carbocycles. The molecule has 1 saturated heterocycles. The van der Waals surface area contributed by atoms with E-state index in [1.54, 1.807) is 6.07 Å². The Hall–Kier alpha value is -2.34. The molecule has 34 heavy (non-hydrogen) atoms. The first-order valence-corrected chi connectivity index (χ1v) is 13.1. The molecule has 1 amide bonds. The first-order chi connectivity index (χ1) is 16.4. The molecule has 0 radical (unpaired) electrons. The lowest BCUT2D eigenvalue weighted by Crippen LogP contribution is -2.61. The van der Waals surface area contributed by atoms with Gasteiger partial charge in [0.15, 0.2) is 6.61 Å². The SMILES string of the molecule is CCCCC1C2CCCCC2(O)CCN1C(=O)COc1ccc2c(CCC)cc(=O)oc2c1C. The van der Waals surface area contributed by atoms with Gasteiger partial charge >= 0.3 is 5.63 Å². The van der Waals surface area contributed by atoms with Crippen molar-refractivity contribution in [2.45, 2.75) is 96.6 Å². The molecule has 6 nitrogen and oxygen atoms in total. The number of nitrogens with zero attached hydrogens (tertiary/aromatic N) is 1. The highest BCUT2D eigenvalue weighted by Crippen LogP contribution is 2.44. The van der Waals surface area contributed by atoms with Crippen molar-refractivity contribution in [3.05, 3.63) is 39.7 Å². The summed E-state index contributed by atoms with van der Waals surface area (Å²) in [6.45, 7) is 6.64. The molecule has 1 aliphatic carbocycles. The number of unbranched alkanes of at least 4 members (excludes halogenated alkanes) is 1. The summed E-state index contributed by atoms with van der Waals surface area (Å²) < 4.78 is 11.5. The Morgan fingerprint density at radius 1 is 1.24 bits per heavy atom. The number of amides is 1. The van der Waals surface area contributed by atoms with E-state index in [-0.39, 0.29) is 30.1 Å². The van der Waals surface area contributed by atoms with Gasteiger partial charge in [-0.25, -0.2) is 4.79 Å². The highest BCUT2D eigenvalue weighted by atomic mass is 16.5. The second-order valence-electron chi connectivity index (χ2n) is 10.2. The lowest BCUT2D eigenvalue weighted by molar-refractivity contribution is -0.157. The molecule has 2 heterocycles. The minimum atomic E-state index is -0.628. The van der Waals surface area contributed by atoms with Crippen LogP contribution in [0.5, 0.6) is 5.75 Å². The molecule has 1 aromatic heterocycles. The molecule has 0 spiro atoms. The van der Waals surface area contributed by atoms with E-state index in [1.807, 2.05) is 24.0 Å². The third-order valence-electron chi connectivity index (χ3n) is 7.96. The number of aliphatic hydroxyl groups is 1. The quantitative estimate of drug-likeness (QED) is 0.541. The van der Waals surface area contributed by atoms with Crippen molar-refractivity contribution in [3.8, 4) is 5.75 Å². The fraction of sp³-hybridized carbons (Fsp3) is 0.643.